The highest BCUT2D eigenvalue weighted by Gasteiger charge is 2.40. The summed E-state index contributed by atoms with van der Waals surface area (Å²) in [4.78, 5) is 26.8. The lowest BCUT2D eigenvalue weighted by atomic mass is 9.75. The van der Waals surface area contributed by atoms with Crippen molar-refractivity contribution in [1.29, 1.82) is 5.26 Å². The smallest absolute Gasteiger partial charge is 0.271 e. The Balaban J connectivity index is 1.61. The summed E-state index contributed by atoms with van der Waals surface area (Å²) in [6.07, 6.45) is 10.9. The highest BCUT2D eigenvalue weighted by Crippen LogP contribution is 2.35. The molecular formula is C19H25N3O2S. The summed E-state index contributed by atoms with van der Waals surface area (Å²) in [5.74, 6) is -0.660. The van der Waals surface area contributed by atoms with E-state index in [0.29, 0.717) is 17.7 Å². The molecule has 1 saturated carbocycles. The number of nitriles is 1. The van der Waals surface area contributed by atoms with E-state index in [1.54, 1.807) is 0 Å². The van der Waals surface area contributed by atoms with E-state index in [4.69, 9.17) is 0 Å². The predicted octanol–water partition coefficient (Wildman–Crippen LogP) is 3.64. The molecule has 0 radical (unpaired) electrons. The van der Waals surface area contributed by atoms with E-state index in [2.05, 4.69) is 16.9 Å². The number of rotatable bonds is 2. The molecule has 2 aliphatic carbocycles. The van der Waals surface area contributed by atoms with Gasteiger partial charge < -0.3 is 0 Å². The molecule has 1 heterocycles. The molecule has 0 saturated heterocycles. The number of hydrogen-bond donors (Lipinski definition) is 2. The molecule has 2 amide bonds. The first-order chi connectivity index (χ1) is 12.1. The molecule has 3 rings (SSSR count). The second kappa shape index (κ2) is 8.01. The van der Waals surface area contributed by atoms with Gasteiger partial charge in [0, 0.05) is 4.88 Å². The Morgan fingerprint density at radius 1 is 1.00 bits per heavy atom. The number of carbonyl (C=O) groups is 2. The van der Waals surface area contributed by atoms with Gasteiger partial charge in [0.25, 0.3) is 11.8 Å². The zero-order valence-electron chi connectivity index (χ0n) is 14.5. The average Bonchev–Trinajstić information content (AvgIpc) is 3.02. The Labute approximate surface area is 152 Å². The minimum Gasteiger partial charge on any atom is -0.271 e. The molecule has 0 spiro atoms. The van der Waals surface area contributed by atoms with E-state index in [9.17, 15) is 14.9 Å². The third kappa shape index (κ3) is 4.04. The Hall–Kier alpha value is -1.87. The molecule has 1 fully saturated rings. The molecule has 0 unspecified atom stereocenters. The van der Waals surface area contributed by atoms with Crippen LogP contribution < -0.4 is 10.9 Å². The number of nitrogens with one attached hydrogen (secondary N) is 2. The van der Waals surface area contributed by atoms with E-state index in [1.807, 2.05) is 6.07 Å². The van der Waals surface area contributed by atoms with Crippen molar-refractivity contribution in [1.82, 2.24) is 10.9 Å². The van der Waals surface area contributed by atoms with E-state index in [0.717, 1.165) is 32.1 Å². The Bertz CT molecular complexity index is 658. The number of hydrogen-bond acceptors (Lipinski definition) is 4. The lowest BCUT2D eigenvalue weighted by Crippen LogP contribution is -2.49. The van der Waals surface area contributed by atoms with Crippen LogP contribution in [0.3, 0.4) is 0 Å². The molecule has 0 aliphatic heterocycles. The number of fused-ring (bicyclic) bond motifs is 1. The lowest BCUT2D eigenvalue weighted by molar-refractivity contribution is -0.130. The molecule has 0 atom stereocenters. The van der Waals surface area contributed by atoms with Crippen molar-refractivity contribution in [3.8, 4) is 6.07 Å². The fourth-order valence-electron chi connectivity index (χ4n) is 3.80. The van der Waals surface area contributed by atoms with Gasteiger partial charge >= 0.3 is 0 Å². The van der Waals surface area contributed by atoms with Gasteiger partial charge in [-0.05, 0) is 50.2 Å². The van der Waals surface area contributed by atoms with Gasteiger partial charge in [0.15, 0.2) is 0 Å². The second-order valence-corrected chi connectivity index (χ2v) is 8.27. The zero-order valence-corrected chi connectivity index (χ0v) is 15.3. The van der Waals surface area contributed by atoms with Gasteiger partial charge in [0.2, 0.25) is 0 Å². The van der Waals surface area contributed by atoms with Gasteiger partial charge in [0.1, 0.15) is 5.41 Å². The summed E-state index contributed by atoms with van der Waals surface area (Å²) < 4.78 is 0. The first-order valence-electron chi connectivity index (χ1n) is 9.28. The fraction of sp³-hybridized carbons (Fsp3) is 0.632. The first-order valence-corrected chi connectivity index (χ1v) is 10.1. The van der Waals surface area contributed by atoms with E-state index in [-0.39, 0.29) is 11.8 Å². The van der Waals surface area contributed by atoms with Crippen LogP contribution in [0.15, 0.2) is 6.07 Å². The van der Waals surface area contributed by atoms with Crippen molar-refractivity contribution in [3.63, 3.8) is 0 Å². The van der Waals surface area contributed by atoms with Gasteiger partial charge in [-0.25, -0.2) is 0 Å². The maximum Gasteiger partial charge on any atom is 0.279 e. The van der Waals surface area contributed by atoms with Crippen molar-refractivity contribution < 1.29 is 9.59 Å². The summed E-state index contributed by atoms with van der Waals surface area (Å²) in [5, 5.41) is 9.44. The molecule has 25 heavy (non-hydrogen) atoms. The van der Waals surface area contributed by atoms with Crippen molar-refractivity contribution in [2.24, 2.45) is 5.41 Å². The molecule has 0 aromatic carbocycles. The summed E-state index contributed by atoms with van der Waals surface area (Å²) in [6.45, 7) is 0. The van der Waals surface area contributed by atoms with Crippen molar-refractivity contribution in [2.45, 2.75) is 70.6 Å². The van der Waals surface area contributed by atoms with Crippen LogP contribution in [0.25, 0.3) is 0 Å². The van der Waals surface area contributed by atoms with Gasteiger partial charge in [0.05, 0.1) is 10.9 Å². The first kappa shape index (κ1) is 17.9. The number of nitrogens with zero attached hydrogens (tertiary/aromatic N) is 1. The standard InChI is InChI=1S/C19H25N3O2S/c20-13-19(10-6-3-7-11-19)18(24)22-21-17(23)16-12-14-8-4-1-2-5-9-15(14)25-16/h12H,1-11H2,(H,21,23)(H,22,24). The molecule has 1 aromatic rings. The fourth-order valence-corrected chi connectivity index (χ4v) is 4.94. The van der Waals surface area contributed by atoms with Gasteiger partial charge in [-0.15, -0.1) is 11.3 Å². The van der Waals surface area contributed by atoms with E-state index >= 15 is 0 Å². The van der Waals surface area contributed by atoms with Crippen LogP contribution in [0.5, 0.6) is 0 Å². The Morgan fingerprint density at radius 3 is 2.40 bits per heavy atom. The van der Waals surface area contributed by atoms with Crippen molar-refractivity contribution in [3.05, 3.63) is 21.4 Å². The lowest BCUT2D eigenvalue weighted by Gasteiger charge is -2.28. The average molecular weight is 359 g/mol. The SMILES string of the molecule is N#CC1(C(=O)NNC(=O)c2cc3c(s2)CCCCCC3)CCCCC1. The van der Waals surface area contributed by atoms with Crippen molar-refractivity contribution in [2.75, 3.05) is 0 Å². The number of aryl methyl sites for hydroxylation is 2. The monoisotopic (exact) mass is 359 g/mol. The van der Waals surface area contributed by atoms with Crippen LogP contribution in [-0.2, 0) is 17.6 Å². The predicted molar refractivity (Wildman–Crippen MR) is 96.9 cm³/mol. The van der Waals surface area contributed by atoms with Gasteiger partial charge in [-0.3, -0.25) is 20.4 Å². The molecule has 2 N–H and O–H groups in total. The van der Waals surface area contributed by atoms with Gasteiger partial charge in [-0.1, -0.05) is 32.1 Å². The zero-order chi connectivity index (χ0) is 17.7. The van der Waals surface area contributed by atoms with Crippen LogP contribution in [0, 0.1) is 16.7 Å². The Kier molecular flexibility index (Phi) is 5.74. The third-order valence-corrected chi connectivity index (χ3v) is 6.60. The molecule has 0 bridgehead atoms. The normalized spacial score (nSPS) is 19.6. The van der Waals surface area contributed by atoms with Crippen molar-refractivity contribution >= 4 is 23.2 Å². The van der Waals surface area contributed by atoms with Crippen LogP contribution in [0.2, 0.25) is 0 Å². The molecular weight excluding hydrogens is 334 g/mol. The number of amides is 2. The molecule has 1 aromatic heterocycles. The quantitative estimate of drug-likeness (QED) is 0.791. The highest BCUT2D eigenvalue weighted by atomic mass is 32.1. The minimum atomic E-state index is -0.990. The molecule has 134 valence electrons. The van der Waals surface area contributed by atoms with Crippen LogP contribution in [0.1, 0.15) is 77.9 Å². The summed E-state index contributed by atoms with van der Waals surface area (Å²) >= 11 is 1.53. The molecule has 5 nitrogen and oxygen atoms in total. The summed E-state index contributed by atoms with van der Waals surface area (Å²) in [7, 11) is 0. The van der Waals surface area contributed by atoms with Crippen LogP contribution >= 0.6 is 11.3 Å². The topological polar surface area (TPSA) is 82.0 Å². The van der Waals surface area contributed by atoms with E-state index < -0.39 is 5.41 Å². The van der Waals surface area contributed by atoms with Crippen LogP contribution in [0.4, 0.5) is 0 Å². The number of carbonyl (C=O) groups excluding carboxylic acids is 2. The number of thiophene rings is 1. The molecule has 2 aliphatic rings. The van der Waals surface area contributed by atoms with E-state index in [1.165, 1.54) is 47.5 Å². The third-order valence-electron chi connectivity index (χ3n) is 5.37. The highest BCUT2D eigenvalue weighted by molar-refractivity contribution is 7.14. The Morgan fingerprint density at radius 2 is 1.68 bits per heavy atom. The largest absolute Gasteiger partial charge is 0.279 e. The maximum atomic E-state index is 12.4. The van der Waals surface area contributed by atoms with Gasteiger partial charge in [-0.2, -0.15) is 5.26 Å². The molecule has 6 heteroatoms. The maximum absolute atomic E-state index is 12.4. The summed E-state index contributed by atoms with van der Waals surface area (Å²) in [6, 6.07) is 4.14. The summed E-state index contributed by atoms with van der Waals surface area (Å²) in [5.41, 5.74) is 5.30. The second-order valence-electron chi connectivity index (χ2n) is 7.14. The minimum absolute atomic E-state index is 0.283. The number of hydrazine groups is 1. The van der Waals surface area contributed by atoms with Crippen LogP contribution in [-0.4, -0.2) is 11.8 Å².